The van der Waals surface area contributed by atoms with Crippen LogP contribution in [0.2, 0.25) is 0 Å². The molecule has 0 amide bonds. The Balaban J connectivity index is 1.49. The summed E-state index contributed by atoms with van der Waals surface area (Å²) < 4.78 is 0. The normalized spacial score (nSPS) is 26.4. The summed E-state index contributed by atoms with van der Waals surface area (Å²) in [5.41, 5.74) is 0. The van der Waals surface area contributed by atoms with Gasteiger partial charge in [-0.05, 0) is 69.7 Å². The lowest BCUT2D eigenvalue weighted by Crippen LogP contribution is -2.28. The van der Waals surface area contributed by atoms with Crippen LogP contribution in [0.5, 0.6) is 0 Å². The van der Waals surface area contributed by atoms with Crippen molar-refractivity contribution in [2.24, 2.45) is 5.92 Å². The van der Waals surface area contributed by atoms with Gasteiger partial charge in [-0.3, -0.25) is 0 Å². The number of hydrogen-bond donors (Lipinski definition) is 1. The molecular weight excluding hydrogens is 216 g/mol. The SMILES string of the molecule is CSCCCCN1CCC(CNC2CC2)C1. The van der Waals surface area contributed by atoms with Crippen LogP contribution in [0.25, 0.3) is 0 Å². The largest absolute Gasteiger partial charge is 0.314 e. The first kappa shape index (κ1) is 12.7. The van der Waals surface area contributed by atoms with Crippen LogP contribution in [0.1, 0.15) is 32.1 Å². The number of likely N-dealkylation sites (tertiary alicyclic amines) is 1. The Bertz CT molecular complexity index is 194. The van der Waals surface area contributed by atoms with Gasteiger partial charge in [0, 0.05) is 12.6 Å². The molecule has 1 unspecified atom stereocenters. The van der Waals surface area contributed by atoms with Gasteiger partial charge >= 0.3 is 0 Å². The van der Waals surface area contributed by atoms with Gasteiger partial charge in [0.1, 0.15) is 0 Å². The molecule has 2 aliphatic rings. The lowest BCUT2D eigenvalue weighted by Gasteiger charge is -2.16. The van der Waals surface area contributed by atoms with E-state index < -0.39 is 0 Å². The summed E-state index contributed by atoms with van der Waals surface area (Å²) in [7, 11) is 0. The van der Waals surface area contributed by atoms with E-state index in [0.717, 1.165) is 12.0 Å². The Morgan fingerprint density at radius 3 is 2.88 bits per heavy atom. The number of nitrogens with zero attached hydrogens (tertiary/aromatic N) is 1. The summed E-state index contributed by atoms with van der Waals surface area (Å²) in [4.78, 5) is 2.67. The molecule has 2 rings (SSSR count). The van der Waals surface area contributed by atoms with E-state index >= 15 is 0 Å². The van der Waals surface area contributed by atoms with Gasteiger partial charge in [-0.2, -0.15) is 11.8 Å². The van der Waals surface area contributed by atoms with Gasteiger partial charge in [0.25, 0.3) is 0 Å². The molecule has 1 aliphatic carbocycles. The maximum atomic E-state index is 3.67. The first-order valence-corrected chi connectivity index (χ1v) is 8.22. The average molecular weight is 242 g/mol. The Morgan fingerprint density at radius 2 is 2.12 bits per heavy atom. The fourth-order valence-corrected chi connectivity index (χ4v) is 2.98. The summed E-state index contributed by atoms with van der Waals surface area (Å²) in [6.45, 7) is 5.29. The van der Waals surface area contributed by atoms with Gasteiger partial charge in [0.15, 0.2) is 0 Å². The van der Waals surface area contributed by atoms with Crippen LogP contribution < -0.4 is 5.32 Å². The molecule has 1 aliphatic heterocycles. The van der Waals surface area contributed by atoms with Crippen molar-refractivity contribution in [3.8, 4) is 0 Å². The van der Waals surface area contributed by atoms with E-state index in [1.807, 2.05) is 11.8 Å². The van der Waals surface area contributed by atoms with Gasteiger partial charge in [-0.25, -0.2) is 0 Å². The van der Waals surface area contributed by atoms with E-state index in [4.69, 9.17) is 0 Å². The standard InChI is InChI=1S/C13H26N2S/c1-16-9-3-2-7-15-8-6-12(11-15)10-14-13-4-5-13/h12-14H,2-11H2,1H3. The van der Waals surface area contributed by atoms with Crippen molar-refractivity contribution in [3.05, 3.63) is 0 Å². The number of hydrogen-bond acceptors (Lipinski definition) is 3. The lowest BCUT2D eigenvalue weighted by molar-refractivity contribution is 0.316. The van der Waals surface area contributed by atoms with Crippen molar-refractivity contribution < 1.29 is 0 Å². The first-order valence-electron chi connectivity index (χ1n) is 6.83. The van der Waals surface area contributed by atoms with Gasteiger partial charge in [-0.1, -0.05) is 0 Å². The highest BCUT2D eigenvalue weighted by Gasteiger charge is 2.25. The minimum Gasteiger partial charge on any atom is -0.314 e. The third-order valence-electron chi connectivity index (χ3n) is 3.72. The van der Waals surface area contributed by atoms with Gasteiger partial charge < -0.3 is 10.2 Å². The zero-order chi connectivity index (χ0) is 11.2. The molecule has 1 N–H and O–H groups in total. The fourth-order valence-electron chi connectivity index (χ4n) is 2.49. The molecule has 2 nitrogen and oxygen atoms in total. The van der Waals surface area contributed by atoms with Crippen LogP contribution in [-0.4, -0.2) is 49.1 Å². The van der Waals surface area contributed by atoms with Crippen molar-refractivity contribution in [2.45, 2.75) is 38.1 Å². The molecular formula is C13H26N2S. The van der Waals surface area contributed by atoms with Crippen LogP contribution in [0.4, 0.5) is 0 Å². The first-order chi connectivity index (χ1) is 7.88. The fraction of sp³-hybridized carbons (Fsp3) is 1.00. The van der Waals surface area contributed by atoms with Crippen LogP contribution in [-0.2, 0) is 0 Å². The van der Waals surface area contributed by atoms with Crippen LogP contribution in [0, 0.1) is 5.92 Å². The average Bonchev–Trinajstić information content (AvgIpc) is 3.02. The highest BCUT2D eigenvalue weighted by Crippen LogP contribution is 2.21. The van der Waals surface area contributed by atoms with Crippen LogP contribution in [0.3, 0.4) is 0 Å². The highest BCUT2D eigenvalue weighted by molar-refractivity contribution is 7.98. The second kappa shape index (κ2) is 6.87. The summed E-state index contributed by atoms with van der Waals surface area (Å²) in [6, 6.07) is 0.885. The molecule has 3 heteroatoms. The molecule has 1 heterocycles. The maximum Gasteiger partial charge on any atom is 0.00683 e. The van der Waals surface area contributed by atoms with Crippen LogP contribution in [0.15, 0.2) is 0 Å². The van der Waals surface area contributed by atoms with E-state index in [1.54, 1.807) is 0 Å². The quantitative estimate of drug-likeness (QED) is 0.657. The van der Waals surface area contributed by atoms with Crippen molar-refractivity contribution >= 4 is 11.8 Å². The molecule has 0 aromatic rings. The third kappa shape index (κ3) is 4.64. The Hall–Kier alpha value is 0.270. The van der Waals surface area contributed by atoms with Crippen LogP contribution >= 0.6 is 11.8 Å². The van der Waals surface area contributed by atoms with Gasteiger partial charge in [-0.15, -0.1) is 0 Å². The summed E-state index contributed by atoms with van der Waals surface area (Å²) in [5, 5.41) is 3.67. The molecule has 94 valence electrons. The van der Waals surface area contributed by atoms with E-state index in [9.17, 15) is 0 Å². The van der Waals surface area contributed by atoms with E-state index in [0.29, 0.717) is 0 Å². The minimum atomic E-state index is 0.885. The van der Waals surface area contributed by atoms with E-state index in [-0.39, 0.29) is 0 Å². The number of rotatable bonds is 8. The number of nitrogens with one attached hydrogen (secondary N) is 1. The summed E-state index contributed by atoms with van der Waals surface area (Å²) in [5.74, 6) is 2.27. The zero-order valence-corrected chi connectivity index (χ0v) is 11.4. The van der Waals surface area contributed by atoms with Crippen molar-refractivity contribution in [3.63, 3.8) is 0 Å². The topological polar surface area (TPSA) is 15.3 Å². The lowest BCUT2D eigenvalue weighted by atomic mass is 10.1. The zero-order valence-electron chi connectivity index (χ0n) is 10.6. The third-order valence-corrected chi connectivity index (χ3v) is 4.41. The molecule has 1 saturated carbocycles. The smallest absolute Gasteiger partial charge is 0.00683 e. The maximum absolute atomic E-state index is 3.67. The molecule has 0 bridgehead atoms. The monoisotopic (exact) mass is 242 g/mol. The van der Waals surface area contributed by atoms with E-state index in [2.05, 4.69) is 16.5 Å². The second-order valence-corrected chi connectivity index (χ2v) is 6.32. The Kier molecular flexibility index (Phi) is 5.46. The van der Waals surface area contributed by atoms with Crippen molar-refractivity contribution in [1.29, 1.82) is 0 Å². The highest BCUT2D eigenvalue weighted by atomic mass is 32.2. The predicted octanol–water partition coefficient (Wildman–Crippen LogP) is 2.20. The van der Waals surface area contributed by atoms with Gasteiger partial charge in [0.05, 0.1) is 0 Å². The molecule has 0 spiro atoms. The molecule has 2 fully saturated rings. The van der Waals surface area contributed by atoms with Crippen molar-refractivity contribution in [2.75, 3.05) is 38.2 Å². The second-order valence-electron chi connectivity index (χ2n) is 5.34. The van der Waals surface area contributed by atoms with Gasteiger partial charge in [0.2, 0.25) is 0 Å². The molecule has 16 heavy (non-hydrogen) atoms. The number of thioether (sulfide) groups is 1. The Morgan fingerprint density at radius 1 is 1.25 bits per heavy atom. The molecule has 0 radical (unpaired) electrons. The number of unbranched alkanes of at least 4 members (excludes halogenated alkanes) is 1. The van der Waals surface area contributed by atoms with Crippen molar-refractivity contribution in [1.82, 2.24) is 10.2 Å². The summed E-state index contributed by atoms with van der Waals surface area (Å²) in [6.07, 6.45) is 9.25. The summed E-state index contributed by atoms with van der Waals surface area (Å²) >= 11 is 1.97. The van der Waals surface area contributed by atoms with E-state index in [1.165, 1.54) is 64.0 Å². The molecule has 1 saturated heterocycles. The minimum absolute atomic E-state index is 0.885. The molecule has 0 aromatic heterocycles. The predicted molar refractivity (Wildman–Crippen MR) is 73.2 cm³/mol. The molecule has 0 aromatic carbocycles. The molecule has 1 atom stereocenters. The Labute approximate surface area is 105 Å².